The van der Waals surface area contributed by atoms with E-state index >= 15 is 0 Å². The van der Waals surface area contributed by atoms with Crippen LogP contribution in [0.2, 0.25) is 0 Å². The first-order chi connectivity index (χ1) is 12.8. The van der Waals surface area contributed by atoms with Crippen LogP contribution in [-0.2, 0) is 4.79 Å². The highest BCUT2D eigenvalue weighted by Gasteiger charge is 2.18. The summed E-state index contributed by atoms with van der Waals surface area (Å²) < 4.78 is 13.8. The normalized spacial score (nSPS) is 10.3. The molecule has 0 aliphatic heterocycles. The Labute approximate surface area is 156 Å². The maximum Gasteiger partial charge on any atom is 0.305 e. The first kappa shape index (κ1) is 20.1. The Balaban J connectivity index is 2.22. The smallest absolute Gasteiger partial charge is 0.305 e. The Kier molecular flexibility index (Phi) is 6.65. The van der Waals surface area contributed by atoms with Crippen molar-refractivity contribution < 1.29 is 23.9 Å². The number of anilines is 1. The molecular weight excluding hydrogens is 351 g/mol. The molecule has 2 N–H and O–H groups in total. The number of amides is 2. The van der Waals surface area contributed by atoms with Crippen molar-refractivity contribution in [1.29, 1.82) is 0 Å². The predicted molar refractivity (Wildman–Crippen MR) is 99.4 cm³/mol. The molecule has 0 heterocycles. The highest BCUT2D eigenvalue weighted by Crippen LogP contribution is 2.20. The lowest BCUT2D eigenvalue weighted by Crippen LogP contribution is -2.33. The molecule has 0 unspecified atom stereocenters. The summed E-state index contributed by atoms with van der Waals surface area (Å²) in [6.45, 7) is 3.97. The molecule has 0 fully saturated rings. The standard InChI is InChI=1S/C20H21FN2O4/c1-3-23(11-10-18(24)25)20(27)14-9-8-13(2)17(12-14)22-19(26)15-6-4-5-7-16(15)21/h4-9,12H,3,10-11H2,1-2H3,(H,22,26)(H,24,25). The zero-order valence-corrected chi connectivity index (χ0v) is 15.2. The zero-order valence-electron chi connectivity index (χ0n) is 15.2. The maximum atomic E-state index is 13.8. The molecule has 7 heteroatoms. The van der Waals surface area contributed by atoms with Crippen LogP contribution >= 0.6 is 0 Å². The molecule has 2 aromatic rings. The number of aryl methyl sites for hydroxylation is 1. The molecule has 6 nitrogen and oxygen atoms in total. The molecule has 2 rings (SSSR count). The number of carboxylic acids is 1. The quantitative estimate of drug-likeness (QED) is 0.781. The third kappa shape index (κ3) is 5.13. The fraction of sp³-hybridized carbons (Fsp3) is 0.250. The lowest BCUT2D eigenvalue weighted by Gasteiger charge is -2.20. The van der Waals surface area contributed by atoms with Gasteiger partial charge in [0, 0.05) is 24.3 Å². The Bertz CT molecular complexity index is 867. The Morgan fingerprint density at radius 3 is 2.48 bits per heavy atom. The average molecular weight is 372 g/mol. The first-order valence-electron chi connectivity index (χ1n) is 8.51. The lowest BCUT2D eigenvalue weighted by atomic mass is 10.1. The van der Waals surface area contributed by atoms with E-state index in [1.54, 1.807) is 32.0 Å². The van der Waals surface area contributed by atoms with E-state index in [2.05, 4.69) is 5.32 Å². The fourth-order valence-corrected chi connectivity index (χ4v) is 2.54. The van der Waals surface area contributed by atoms with Gasteiger partial charge in [-0.25, -0.2) is 4.39 Å². The van der Waals surface area contributed by atoms with E-state index in [0.717, 1.165) is 0 Å². The molecule has 0 spiro atoms. The van der Waals surface area contributed by atoms with E-state index in [4.69, 9.17) is 5.11 Å². The lowest BCUT2D eigenvalue weighted by molar-refractivity contribution is -0.137. The van der Waals surface area contributed by atoms with Gasteiger partial charge in [-0.2, -0.15) is 0 Å². The Morgan fingerprint density at radius 1 is 1.15 bits per heavy atom. The first-order valence-corrected chi connectivity index (χ1v) is 8.51. The van der Waals surface area contributed by atoms with E-state index in [1.807, 2.05) is 0 Å². The largest absolute Gasteiger partial charge is 0.481 e. The van der Waals surface area contributed by atoms with Gasteiger partial charge in [0.1, 0.15) is 5.82 Å². The van der Waals surface area contributed by atoms with Gasteiger partial charge in [-0.1, -0.05) is 18.2 Å². The monoisotopic (exact) mass is 372 g/mol. The summed E-state index contributed by atoms with van der Waals surface area (Å²) >= 11 is 0. The van der Waals surface area contributed by atoms with E-state index in [0.29, 0.717) is 23.4 Å². The second-order valence-corrected chi connectivity index (χ2v) is 5.99. The molecular formula is C20H21FN2O4. The minimum absolute atomic E-state index is 0.0923. The molecule has 0 aromatic heterocycles. The van der Waals surface area contributed by atoms with E-state index in [-0.39, 0.29) is 24.4 Å². The van der Waals surface area contributed by atoms with Crippen LogP contribution < -0.4 is 5.32 Å². The summed E-state index contributed by atoms with van der Waals surface area (Å²) in [6, 6.07) is 10.4. The number of carbonyl (C=O) groups excluding carboxylic acids is 2. The van der Waals surface area contributed by atoms with Crippen molar-refractivity contribution in [3.63, 3.8) is 0 Å². The Hall–Kier alpha value is -3.22. The summed E-state index contributed by atoms with van der Waals surface area (Å²) in [5, 5.41) is 11.4. The van der Waals surface area contributed by atoms with E-state index < -0.39 is 17.7 Å². The SMILES string of the molecule is CCN(CCC(=O)O)C(=O)c1ccc(C)c(NC(=O)c2ccccc2F)c1. The van der Waals surface area contributed by atoms with Gasteiger partial charge in [0.05, 0.1) is 12.0 Å². The van der Waals surface area contributed by atoms with Crippen LogP contribution in [0.25, 0.3) is 0 Å². The summed E-state index contributed by atoms with van der Waals surface area (Å²) in [7, 11) is 0. The number of carboxylic acid groups (broad SMARTS) is 1. The van der Waals surface area contributed by atoms with Crippen LogP contribution in [0.4, 0.5) is 10.1 Å². The molecule has 0 radical (unpaired) electrons. The maximum absolute atomic E-state index is 13.8. The number of hydrogen-bond donors (Lipinski definition) is 2. The van der Waals surface area contributed by atoms with Crippen molar-refractivity contribution in [3.8, 4) is 0 Å². The zero-order chi connectivity index (χ0) is 20.0. The van der Waals surface area contributed by atoms with Gasteiger partial charge in [0.25, 0.3) is 11.8 Å². The van der Waals surface area contributed by atoms with Crippen LogP contribution in [-0.4, -0.2) is 40.9 Å². The topological polar surface area (TPSA) is 86.7 Å². The van der Waals surface area contributed by atoms with Crippen LogP contribution in [0.3, 0.4) is 0 Å². The Morgan fingerprint density at radius 2 is 1.85 bits per heavy atom. The van der Waals surface area contributed by atoms with Gasteiger partial charge >= 0.3 is 5.97 Å². The molecule has 0 aliphatic rings. The van der Waals surface area contributed by atoms with Crippen molar-refractivity contribution >= 4 is 23.5 Å². The van der Waals surface area contributed by atoms with Gasteiger partial charge in [-0.05, 0) is 43.7 Å². The van der Waals surface area contributed by atoms with Gasteiger partial charge in [-0.15, -0.1) is 0 Å². The summed E-state index contributed by atoms with van der Waals surface area (Å²) in [4.78, 5) is 37.1. The molecule has 0 atom stereocenters. The number of halogens is 1. The van der Waals surface area contributed by atoms with Crippen molar-refractivity contribution in [3.05, 3.63) is 65.0 Å². The molecule has 2 amide bonds. The van der Waals surface area contributed by atoms with Crippen molar-refractivity contribution in [1.82, 2.24) is 4.90 Å². The fourth-order valence-electron chi connectivity index (χ4n) is 2.54. The van der Waals surface area contributed by atoms with Crippen molar-refractivity contribution in [2.75, 3.05) is 18.4 Å². The molecule has 27 heavy (non-hydrogen) atoms. The molecule has 0 saturated heterocycles. The second kappa shape index (κ2) is 8.93. The number of hydrogen-bond acceptors (Lipinski definition) is 3. The third-order valence-corrected chi connectivity index (χ3v) is 4.12. The van der Waals surface area contributed by atoms with Crippen LogP contribution in [0, 0.1) is 12.7 Å². The van der Waals surface area contributed by atoms with Crippen molar-refractivity contribution in [2.45, 2.75) is 20.3 Å². The average Bonchev–Trinajstić information content (AvgIpc) is 2.63. The van der Waals surface area contributed by atoms with Gasteiger partial charge < -0.3 is 15.3 Å². The number of nitrogens with zero attached hydrogens (tertiary/aromatic N) is 1. The van der Waals surface area contributed by atoms with Gasteiger partial charge in [0.15, 0.2) is 0 Å². The van der Waals surface area contributed by atoms with Crippen LogP contribution in [0.1, 0.15) is 39.6 Å². The summed E-state index contributed by atoms with van der Waals surface area (Å²) in [5.74, 6) is -2.56. The summed E-state index contributed by atoms with van der Waals surface area (Å²) in [5.41, 5.74) is 1.33. The number of carbonyl (C=O) groups is 3. The van der Waals surface area contributed by atoms with E-state index in [9.17, 15) is 18.8 Å². The number of rotatable bonds is 7. The summed E-state index contributed by atoms with van der Waals surface area (Å²) in [6.07, 6.45) is -0.150. The highest BCUT2D eigenvalue weighted by atomic mass is 19.1. The molecule has 0 aliphatic carbocycles. The number of benzene rings is 2. The number of aliphatic carboxylic acids is 1. The third-order valence-electron chi connectivity index (χ3n) is 4.12. The van der Waals surface area contributed by atoms with Gasteiger partial charge in [-0.3, -0.25) is 14.4 Å². The van der Waals surface area contributed by atoms with Crippen LogP contribution in [0.15, 0.2) is 42.5 Å². The molecule has 0 bridgehead atoms. The minimum Gasteiger partial charge on any atom is -0.481 e. The van der Waals surface area contributed by atoms with Crippen molar-refractivity contribution in [2.24, 2.45) is 0 Å². The second-order valence-electron chi connectivity index (χ2n) is 5.99. The predicted octanol–water partition coefficient (Wildman–Crippen LogP) is 3.32. The molecule has 2 aromatic carbocycles. The van der Waals surface area contributed by atoms with Gasteiger partial charge in [0.2, 0.25) is 0 Å². The molecule has 142 valence electrons. The highest BCUT2D eigenvalue weighted by molar-refractivity contribution is 6.05. The minimum atomic E-state index is -0.983. The molecule has 0 saturated carbocycles. The van der Waals surface area contributed by atoms with Crippen LogP contribution in [0.5, 0.6) is 0 Å². The number of nitrogens with one attached hydrogen (secondary N) is 1. The van der Waals surface area contributed by atoms with E-state index in [1.165, 1.54) is 29.2 Å².